The highest BCUT2D eigenvalue weighted by molar-refractivity contribution is 5.92. The molecule has 2 aromatic rings. The summed E-state index contributed by atoms with van der Waals surface area (Å²) in [4.78, 5) is 23.7. The average molecular weight is 338 g/mol. The van der Waals surface area contributed by atoms with E-state index in [4.69, 9.17) is 0 Å². The Balaban J connectivity index is 1.84. The van der Waals surface area contributed by atoms with E-state index in [1.807, 2.05) is 43.9 Å². The molecule has 0 spiro atoms. The zero-order valence-electron chi connectivity index (χ0n) is 15.5. The standard InChI is InChI=1S/C20H26N4O/c1-13-8-10-24(11-9-13)19(25)17-12-16(4)21-20(22-17)23-18-14(2)6-5-7-15(18)3/h5-7,12-13H,8-11H2,1-4H3,(H,21,22,23). The summed E-state index contributed by atoms with van der Waals surface area (Å²) in [6.45, 7) is 9.85. The third-order valence-corrected chi connectivity index (χ3v) is 4.86. The molecular weight excluding hydrogens is 312 g/mol. The third kappa shape index (κ3) is 3.98. The van der Waals surface area contributed by atoms with Crippen LogP contribution in [0.1, 0.15) is 47.1 Å². The van der Waals surface area contributed by atoms with E-state index in [1.165, 1.54) is 0 Å². The van der Waals surface area contributed by atoms with Crippen LogP contribution in [0.2, 0.25) is 0 Å². The fourth-order valence-corrected chi connectivity index (χ4v) is 3.23. The summed E-state index contributed by atoms with van der Waals surface area (Å²) in [5.41, 5.74) is 4.51. The van der Waals surface area contributed by atoms with Crippen molar-refractivity contribution in [2.24, 2.45) is 5.92 Å². The van der Waals surface area contributed by atoms with E-state index in [-0.39, 0.29) is 5.91 Å². The number of carbonyl (C=O) groups excluding carboxylic acids is 1. The molecule has 0 aliphatic carbocycles. The summed E-state index contributed by atoms with van der Waals surface area (Å²) >= 11 is 0. The zero-order valence-corrected chi connectivity index (χ0v) is 15.5. The largest absolute Gasteiger partial charge is 0.337 e. The van der Waals surface area contributed by atoms with Gasteiger partial charge in [0, 0.05) is 24.5 Å². The minimum atomic E-state index is 0.00181. The van der Waals surface area contributed by atoms with Crippen molar-refractivity contribution in [1.29, 1.82) is 0 Å². The second kappa shape index (κ2) is 7.21. The predicted molar refractivity (Wildman–Crippen MR) is 100 cm³/mol. The van der Waals surface area contributed by atoms with Gasteiger partial charge in [-0.3, -0.25) is 4.79 Å². The van der Waals surface area contributed by atoms with Crippen molar-refractivity contribution in [3.63, 3.8) is 0 Å². The van der Waals surface area contributed by atoms with Crippen LogP contribution in [-0.2, 0) is 0 Å². The number of likely N-dealkylation sites (tertiary alicyclic amines) is 1. The van der Waals surface area contributed by atoms with Crippen LogP contribution in [0.15, 0.2) is 24.3 Å². The van der Waals surface area contributed by atoms with E-state index in [2.05, 4.69) is 22.2 Å². The molecule has 1 fully saturated rings. The van der Waals surface area contributed by atoms with Crippen molar-refractivity contribution in [2.45, 2.75) is 40.5 Å². The first-order valence-electron chi connectivity index (χ1n) is 8.92. The van der Waals surface area contributed by atoms with Gasteiger partial charge in [-0.1, -0.05) is 25.1 Å². The summed E-state index contributed by atoms with van der Waals surface area (Å²) in [6, 6.07) is 7.90. The van der Waals surface area contributed by atoms with Crippen molar-refractivity contribution in [1.82, 2.24) is 14.9 Å². The Kier molecular flexibility index (Phi) is 5.02. The smallest absolute Gasteiger partial charge is 0.272 e. The molecule has 0 saturated carbocycles. The minimum Gasteiger partial charge on any atom is -0.337 e. The van der Waals surface area contributed by atoms with Gasteiger partial charge in [-0.2, -0.15) is 0 Å². The van der Waals surface area contributed by atoms with Gasteiger partial charge >= 0.3 is 0 Å². The van der Waals surface area contributed by atoms with Gasteiger partial charge < -0.3 is 10.2 Å². The SMILES string of the molecule is Cc1cc(C(=O)N2CCC(C)CC2)nc(Nc2c(C)cccc2C)n1. The molecule has 1 N–H and O–H groups in total. The maximum Gasteiger partial charge on any atom is 0.272 e. The Hall–Kier alpha value is -2.43. The van der Waals surface area contributed by atoms with Crippen molar-refractivity contribution in [3.05, 3.63) is 46.8 Å². The van der Waals surface area contributed by atoms with Crippen molar-refractivity contribution >= 4 is 17.5 Å². The normalized spacial score (nSPS) is 15.3. The van der Waals surface area contributed by atoms with Crippen LogP contribution in [0, 0.1) is 26.7 Å². The van der Waals surface area contributed by atoms with Gasteiger partial charge in [0.1, 0.15) is 5.69 Å². The number of anilines is 2. The van der Waals surface area contributed by atoms with E-state index in [9.17, 15) is 4.79 Å². The van der Waals surface area contributed by atoms with E-state index in [1.54, 1.807) is 6.07 Å². The number of carbonyl (C=O) groups is 1. The molecule has 1 amide bonds. The second-order valence-electron chi connectivity index (χ2n) is 7.08. The summed E-state index contributed by atoms with van der Waals surface area (Å²) in [5.74, 6) is 1.17. The highest BCUT2D eigenvalue weighted by Gasteiger charge is 2.23. The Labute approximate surface area is 149 Å². The molecule has 1 aromatic carbocycles. The Morgan fingerprint density at radius 1 is 1.12 bits per heavy atom. The van der Waals surface area contributed by atoms with E-state index in [0.717, 1.165) is 48.4 Å². The number of piperidine rings is 1. The molecule has 0 radical (unpaired) electrons. The predicted octanol–water partition coefficient (Wildman–Crippen LogP) is 4.02. The number of rotatable bonds is 3. The highest BCUT2D eigenvalue weighted by atomic mass is 16.2. The van der Waals surface area contributed by atoms with Crippen LogP contribution < -0.4 is 5.32 Å². The van der Waals surface area contributed by atoms with Gasteiger partial charge in [0.15, 0.2) is 0 Å². The average Bonchev–Trinajstić information content (AvgIpc) is 2.58. The molecule has 1 aromatic heterocycles. The number of aromatic nitrogens is 2. The molecule has 1 aliphatic rings. The second-order valence-corrected chi connectivity index (χ2v) is 7.08. The molecule has 0 bridgehead atoms. The number of para-hydroxylation sites is 1. The lowest BCUT2D eigenvalue weighted by atomic mass is 9.99. The molecule has 25 heavy (non-hydrogen) atoms. The fraction of sp³-hybridized carbons (Fsp3) is 0.450. The molecule has 1 saturated heterocycles. The van der Waals surface area contributed by atoms with Gasteiger partial charge in [-0.25, -0.2) is 9.97 Å². The summed E-state index contributed by atoms with van der Waals surface area (Å²) < 4.78 is 0. The maximum absolute atomic E-state index is 12.8. The van der Waals surface area contributed by atoms with Crippen LogP contribution in [0.3, 0.4) is 0 Å². The molecule has 132 valence electrons. The Bertz CT molecular complexity index is 759. The zero-order chi connectivity index (χ0) is 18.0. The number of hydrogen-bond donors (Lipinski definition) is 1. The van der Waals surface area contributed by atoms with Gasteiger partial charge in [-0.05, 0) is 56.7 Å². The highest BCUT2D eigenvalue weighted by Crippen LogP contribution is 2.23. The number of benzene rings is 1. The Morgan fingerprint density at radius 3 is 2.40 bits per heavy atom. The number of nitrogens with one attached hydrogen (secondary N) is 1. The van der Waals surface area contributed by atoms with Crippen LogP contribution in [-0.4, -0.2) is 33.9 Å². The first-order chi connectivity index (χ1) is 11.9. The van der Waals surface area contributed by atoms with Crippen molar-refractivity contribution in [2.75, 3.05) is 18.4 Å². The topological polar surface area (TPSA) is 58.1 Å². The lowest BCUT2D eigenvalue weighted by Crippen LogP contribution is -2.38. The number of amides is 1. The monoisotopic (exact) mass is 338 g/mol. The maximum atomic E-state index is 12.8. The number of hydrogen-bond acceptors (Lipinski definition) is 4. The fourth-order valence-electron chi connectivity index (χ4n) is 3.23. The molecular formula is C20H26N4O. The summed E-state index contributed by atoms with van der Waals surface area (Å²) in [5, 5.41) is 3.29. The van der Waals surface area contributed by atoms with Crippen molar-refractivity contribution < 1.29 is 4.79 Å². The van der Waals surface area contributed by atoms with E-state index < -0.39 is 0 Å². The lowest BCUT2D eigenvalue weighted by Gasteiger charge is -2.30. The minimum absolute atomic E-state index is 0.00181. The number of nitrogens with zero attached hydrogens (tertiary/aromatic N) is 3. The van der Waals surface area contributed by atoms with Crippen LogP contribution in [0.25, 0.3) is 0 Å². The van der Waals surface area contributed by atoms with Crippen LogP contribution in [0.5, 0.6) is 0 Å². The molecule has 1 aliphatic heterocycles. The van der Waals surface area contributed by atoms with Gasteiger partial charge in [-0.15, -0.1) is 0 Å². The molecule has 5 heteroatoms. The van der Waals surface area contributed by atoms with Crippen molar-refractivity contribution in [3.8, 4) is 0 Å². The van der Waals surface area contributed by atoms with Crippen LogP contribution in [0.4, 0.5) is 11.6 Å². The van der Waals surface area contributed by atoms with E-state index >= 15 is 0 Å². The summed E-state index contributed by atoms with van der Waals surface area (Å²) in [7, 11) is 0. The molecule has 3 rings (SSSR count). The van der Waals surface area contributed by atoms with E-state index in [0.29, 0.717) is 17.6 Å². The lowest BCUT2D eigenvalue weighted by molar-refractivity contribution is 0.0691. The van der Waals surface area contributed by atoms with Gasteiger partial charge in [0.2, 0.25) is 5.95 Å². The third-order valence-electron chi connectivity index (χ3n) is 4.86. The van der Waals surface area contributed by atoms with Gasteiger partial charge in [0.05, 0.1) is 0 Å². The first kappa shape index (κ1) is 17.4. The summed E-state index contributed by atoms with van der Waals surface area (Å²) in [6.07, 6.45) is 2.12. The Morgan fingerprint density at radius 2 is 1.76 bits per heavy atom. The quantitative estimate of drug-likeness (QED) is 0.918. The first-order valence-corrected chi connectivity index (χ1v) is 8.92. The van der Waals surface area contributed by atoms with Gasteiger partial charge in [0.25, 0.3) is 5.91 Å². The van der Waals surface area contributed by atoms with Crippen LogP contribution >= 0.6 is 0 Å². The number of aryl methyl sites for hydroxylation is 3. The molecule has 0 unspecified atom stereocenters. The molecule has 5 nitrogen and oxygen atoms in total. The molecule has 0 atom stereocenters. The molecule has 2 heterocycles.